The molecular weight excluding hydrogens is 520 g/mol. The van der Waals surface area contributed by atoms with Crippen LogP contribution in [0.4, 0.5) is 0 Å². The van der Waals surface area contributed by atoms with Gasteiger partial charge in [-0.15, -0.1) is 0 Å². The van der Waals surface area contributed by atoms with Gasteiger partial charge < -0.3 is 19.9 Å². The van der Waals surface area contributed by atoms with E-state index in [0.29, 0.717) is 36.4 Å². The summed E-state index contributed by atoms with van der Waals surface area (Å²) in [4.78, 5) is 60.3. The summed E-state index contributed by atoms with van der Waals surface area (Å²) in [5.41, 5.74) is 1.18. The van der Waals surface area contributed by atoms with E-state index in [1.807, 2.05) is 50.2 Å². The first kappa shape index (κ1) is 28.0. The molecule has 3 heterocycles. The van der Waals surface area contributed by atoms with Crippen molar-refractivity contribution in [2.24, 2.45) is 5.92 Å². The number of hydrogen-bond donors (Lipinski definition) is 1. The van der Waals surface area contributed by atoms with Crippen LogP contribution in [-0.2, 0) is 20.8 Å². The van der Waals surface area contributed by atoms with Gasteiger partial charge in [0.2, 0.25) is 11.8 Å². The van der Waals surface area contributed by atoms with Crippen LogP contribution in [0.1, 0.15) is 42.6 Å². The van der Waals surface area contributed by atoms with E-state index >= 15 is 0 Å². The molecular formula is C32H34N4O5. The van der Waals surface area contributed by atoms with Crippen LogP contribution in [0.5, 0.6) is 11.5 Å². The molecule has 0 saturated carbocycles. The highest BCUT2D eigenvalue weighted by Crippen LogP contribution is 2.31. The number of nitrogens with zero attached hydrogens (tertiary/aromatic N) is 3. The lowest BCUT2D eigenvalue weighted by Gasteiger charge is -2.29. The lowest BCUT2D eigenvalue weighted by atomic mass is 10.0. The Morgan fingerprint density at radius 2 is 1.71 bits per heavy atom. The monoisotopic (exact) mass is 554 g/mol. The van der Waals surface area contributed by atoms with Gasteiger partial charge in [0.1, 0.15) is 23.6 Å². The molecule has 2 aliphatic heterocycles. The summed E-state index contributed by atoms with van der Waals surface area (Å²) in [5.74, 6) is 0.434. The molecule has 0 spiro atoms. The van der Waals surface area contributed by atoms with Crippen LogP contribution in [0.3, 0.4) is 0 Å². The van der Waals surface area contributed by atoms with Gasteiger partial charge in [0.25, 0.3) is 5.91 Å². The molecule has 1 aromatic heterocycles. The molecule has 3 aromatic rings. The number of hydrogen-bond acceptors (Lipinski definition) is 6. The average molecular weight is 555 g/mol. The molecule has 0 aliphatic carbocycles. The van der Waals surface area contributed by atoms with Crippen molar-refractivity contribution in [2.75, 3.05) is 13.1 Å². The van der Waals surface area contributed by atoms with Gasteiger partial charge in [0, 0.05) is 24.5 Å². The van der Waals surface area contributed by atoms with Crippen LogP contribution in [0, 0.1) is 5.92 Å². The Kier molecular flexibility index (Phi) is 8.42. The zero-order valence-corrected chi connectivity index (χ0v) is 23.2. The smallest absolute Gasteiger partial charge is 0.251 e. The summed E-state index contributed by atoms with van der Waals surface area (Å²) in [7, 11) is 0. The number of nitrogens with one attached hydrogen (secondary N) is 1. The first-order valence-corrected chi connectivity index (χ1v) is 14.0. The van der Waals surface area contributed by atoms with E-state index in [2.05, 4.69) is 10.3 Å². The molecule has 2 saturated heterocycles. The van der Waals surface area contributed by atoms with Crippen LogP contribution in [0.15, 0.2) is 79.1 Å². The molecule has 3 atom stereocenters. The van der Waals surface area contributed by atoms with Crippen molar-refractivity contribution in [3.63, 3.8) is 0 Å². The lowest BCUT2D eigenvalue weighted by Crippen LogP contribution is -2.53. The fraction of sp³-hybridized carbons (Fsp3) is 0.344. The molecule has 5 rings (SSSR count). The van der Waals surface area contributed by atoms with Crippen molar-refractivity contribution in [1.82, 2.24) is 20.1 Å². The van der Waals surface area contributed by atoms with Gasteiger partial charge >= 0.3 is 0 Å². The number of fused-ring (bicyclic) bond motifs is 1. The topological polar surface area (TPSA) is 109 Å². The van der Waals surface area contributed by atoms with Crippen LogP contribution in [-0.4, -0.2) is 69.5 Å². The third-order valence-electron chi connectivity index (χ3n) is 7.51. The number of rotatable bonds is 9. The molecule has 41 heavy (non-hydrogen) atoms. The SMILES string of the molecule is CC(C)CC(NC(=O)c1ccc(Oc2ccccc2)cc1)C(=O)N1CCC2C1C(=O)CN2C(=O)Cc1cccnc1. The number of Topliss-reactive ketones (excluding diaryl/α,β-unsaturated/α-hetero) is 1. The summed E-state index contributed by atoms with van der Waals surface area (Å²) in [5, 5.41) is 2.90. The largest absolute Gasteiger partial charge is 0.457 e. The molecule has 9 nitrogen and oxygen atoms in total. The van der Waals surface area contributed by atoms with E-state index in [1.165, 1.54) is 0 Å². The Morgan fingerprint density at radius 3 is 2.39 bits per heavy atom. The number of amides is 3. The fourth-order valence-corrected chi connectivity index (χ4v) is 5.60. The highest BCUT2D eigenvalue weighted by Gasteiger charge is 2.52. The fourth-order valence-electron chi connectivity index (χ4n) is 5.60. The maximum atomic E-state index is 13.8. The van der Waals surface area contributed by atoms with Gasteiger partial charge in [-0.2, -0.15) is 0 Å². The molecule has 1 N–H and O–H groups in total. The van der Waals surface area contributed by atoms with Crippen LogP contribution in [0.2, 0.25) is 0 Å². The maximum absolute atomic E-state index is 13.8. The third kappa shape index (κ3) is 6.45. The number of carbonyl (C=O) groups excluding carboxylic acids is 4. The van der Waals surface area contributed by atoms with Crippen molar-refractivity contribution in [2.45, 2.75) is 51.2 Å². The number of aromatic nitrogens is 1. The second-order valence-corrected chi connectivity index (χ2v) is 11.0. The van der Waals surface area contributed by atoms with E-state index in [0.717, 1.165) is 5.56 Å². The summed E-state index contributed by atoms with van der Waals surface area (Å²) in [6, 6.07) is 17.8. The zero-order valence-electron chi connectivity index (χ0n) is 23.2. The Labute approximate surface area is 239 Å². The standard InChI is InChI=1S/C32H34N4O5/c1-21(2)17-26(34-31(39)23-10-12-25(13-11-23)41-24-8-4-3-5-9-24)32(40)35-16-14-27-30(35)28(37)20-36(27)29(38)18-22-7-6-15-33-19-22/h3-13,15,19,21,26-27,30H,14,16-18,20H2,1-2H3,(H,34,39). The Balaban J connectivity index is 1.25. The second kappa shape index (κ2) is 12.3. The predicted octanol–water partition coefficient (Wildman–Crippen LogP) is 3.64. The van der Waals surface area contributed by atoms with Crippen molar-refractivity contribution in [1.29, 1.82) is 0 Å². The second-order valence-electron chi connectivity index (χ2n) is 11.0. The number of ketones is 1. The van der Waals surface area contributed by atoms with E-state index in [4.69, 9.17) is 4.74 Å². The van der Waals surface area contributed by atoms with E-state index in [1.54, 1.807) is 52.5 Å². The van der Waals surface area contributed by atoms with Gasteiger partial charge in [0.15, 0.2) is 5.78 Å². The Morgan fingerprint density at radius 1 is 0.976 bits per heavy atom. The molecule has 9 heteroatoms. The Hall–Kier alpha value is -4.53. The van der Waals surface area contributed by atoms with Gasteiger partial charge in [-0.05, 0) is 66.8 Å². The number of pyridine rings is 1. The molecule has 3 amide bonds. The van der Waals surface area contributed by atoms with Gasteiger partial charge in [-0.3, -0.25) is 24.2 Å². The van der Waals surface area contributed by atoms with Crippen LogP contribution >= 0.6 is 0 Å². The molecule has 0 bridgehead atoms. The van der Waals surface area contributed by atoms with Gasteiger partial charge in [-0.1, -0.05) is 38.1 Å². The number of para-hydroxylation sites is 1. The van der Waals surface area contributed by atoms with Gasteiger partial charge in [-0.25, -0.2) is 0 Å². The third-order valence-corrected chi connectivity index (χ3v) is 7.51. The first-order chi connectivity index (χ1) is 19.8. The molecule has 2 fully saturated rings. The van der Waals surface area contributed by atoms with Gasteiger partial charge in [0.05, 0.1) is 19.0 Å². The highest BCUT2D eigenvalue weighted by atomic mass is 16.5. The summed E-state index contributed by atoms with van der Waals surface area (Å²) >= 11 is 0. The minimum absolute atomic E-state index is 0.0170. The molecule has 2 aliphatic rings. The summed E-state index contributed by atoms with van der Waals surface area (Å²) < 4.78 is 5.81. The highest BCUT2D eigenvalue weighted by molar-refractivity contribution is 6.01. The molecule has 2 aromatic carbocycles. The predicted molar refractivity (Wildman–Crippen MR) is 152 cm³/mol. The van der Waals surface area contributed by atoms with Crippen LogP contribution in [0.25, 0.3) is 0 Å². The number of carbonyl (C=O) groups is 4. The van der Waals surface area contributed by atoms with Crippen molar-refractivity contribution < 1.29 is 23.9 Å². The zero-order chi connectivity index (χ0) is 28.9. The number of benzene rings is 2. The summed E-state index contributed by atoms with van der Waals surface area (Å²) in [6.07, 6.45) is 4.38. The minimum Gasteiger partial charge on any atom is -0.457 e. The van der Waals surface area contributed by atoms with Crippen LogP contribution < -0.4 is 10.1 Å². The maximum Gasteiger partial charge on any atom is 0.251 e. The summed E-state index contributed by atoms with van der Waals surface area (Å²) in [6.45, 7) is 4.30. The normalized spacial score (nSPS) is 18.8. The Bertz CT molecular complexity index is 1390. The van der Waals surface area contributed by atoms with E-state index in [-0.39, 0.29) is 48.4 Å². The average Bonchev–Trinajstić information content (AvgIpc) is 3.55. The van der Waals surface area contributed by atoms with E-state index < -0.39 is 12.1 Å². The molecule has 0 radical (unpaired) electrons. The van der Waals surface area contributed by atoms with Crippen molar-refractivity contribution >= 4 is 23.5 Å². The number of likely N-dealkylation sites (tertiary alicyclic amines) is 2. The quantitative estimate of drug-likeness (QED) is 0.433. The minimum atomic E-state index is -0.797. The first-order valence-electron chi connectivity index (χ1n) is 14.0. The molecule has 3 unspecified atom stereocenters. The lowest BCUT2D eigenvalue weighted by molar-refractivity contribution is -0.138. The van der Waals surface area contributed by atoms with Crippen molar-refractivity contribution in [3.8, 4) is 11.5 Å². The molecule has 212 valence electrons. The number of ether oxygens (including phenoxy) is 1. The van der Waals surface area contributed by atoms with Crippen molar-refractivity contribution in [3.05, 3.63) is 90.3 Å². The van der Waals surface area contributed by atoms with E-state index in [9.17, 15) is 19.2 Å².